The van der Waals surface area contributed by atoms with Crippen molar-refractivity contribution >= 4 is 28.0 Å². The van der Waals surface area contributed by atoms with E-state index >= 15 is 4.39 Å². The van der Waals surface area contributed by atoms with Crippen LogP contribution in [0.1, 0.15) is 11.1 Å². The molecule has 1 N–H and O–H groups in total. The maximum atomic E-state index is 15.5. The van der Waals surface area contributed by atoms with Crippen molar-refractivity contribution in [1.29, 1.82) is 0 Å². The zero-order valence-electron chi connectivity index (χ0n) is 23.0. The van der Waals surface area contributed by atoms with Crippen LogP contribution in [0.4, 0.5) is 25.8 Å². The van der Waals surface area contributed by atoms with E-state index < -0.39 is 11.6 Å². The summed E-state index contributed by atoms with van der Waals surface area (Å²) in [5.74, 6) is -0.677. The number of hydrogen-bond donors (Lipinski definition) is 1. The Labute approximate surface area is 236 Å². The summed E-state index contributed by atoms with van der Waals surface area (Å²) >= 11 is 0. The minimum Gasteiger partial charge on any atom is -0.497 e. The summed E-state index contributed by atoms with van der Waals surface area (Å²) in [6.07, 6.45) is 3.54. The van der Waals surface area contributed by atoms with Gasteiger partial charge < -0.3 is 19.7 Å². The van der Waals surface area contributed by atoms with Crippen LogP contribution >= 0.6 is 0 Å². The molecule has 0 bridgehead atoms. The van der Waals surface area contributed by atoms with Gasteiger partial charge in [-0.15, -0.1) is 0 Å². The molecule has 1 aliphatic heterocycles. The second-order valence-electron chi connectivity index (χ2n) is 10.0. The molecule has 6 rings (SSSR count). The van der Waals surface area contributed by atoms with Gasteiger partial charge in [0.05, 0.1) is 71.6 Å². The van der Waals surface area contributed by atoms with Crippen LogP contribution in [0.5, 0.6) is 5.75 Å². The molecule has 0 unspecified atom stereocenters. The highest BCUT2D eigenvalue weighted by molar-refractivity contribution is 5.99. The highest BCUT2D eigenvalue weighted by Crippen LogP contribution is 2.39. The SMILES string of the molecule is COc1ccc(-c2ncc(N3CCOCC3)cc2Nc2c(C)c(-c3cc(C)ccn3)nc3cc(F)cc(F)c23)cc1. The molecule has 2 aromatic carbocycles. The summed E-state index contributed by atoms with van der Waals surface area (Å²) in [4.78, 5) is 16.2. The summed E-state index contributed by atoms with van der Waals surface area (Å²) in [5.41, 5.74) is 6.61. The monoisotopic (exact) mass is 553 g/mol. The number of rotatable bonds is 6. The Balaban J connectivity index is 1.56. The van der Waals surface area contributed by atoms with Gasteiger partial charge in [-0.25, -0.2) is 13.8 Å². The first-order valence-electron chi connectivity index (χ1n) is 13.4. The molecule has 0 spiro atoms. The number of halogens is 2. The van der Waals surface area contributed by atoms with E-state index in [2.05, 4.69) is 20.2 Å². The zero-order chi connectivity index (χ0) is 28.5. The fourth-order valence-corrected chi connectivity index (χ4v) is 5.13. The van der Waals surface area contributed by atoms with Gasteiger partial charge in [0.25, 0.3) is 0 Å². The number of nitrogens with zero attached hydrogens (tertiary/aromatic N) is 4. The summed E-state index contributed by atoms with van der Waals surface area (Å²) in [7, 11) is 1.62. The Kier molecular flexibility index (Phi) is 7.19. The maximum Gasteiger partial charge on any atom is 0.137 e. The van der Waals surface area contributed by atoms with Gasteiger partial charge in [-0.1, -0.05) is 0 Å². The van der Waals surface area contributed by atoms with E-state index in [1.165, 1.54) is 6.07 Å². The van der Waals surface area contributed by atoms with Crippen LogP contribution in [0.25, 0.3) is 33.5 Å². The molecule has 4 heterocycles. The minimum atomic E-state index is -0.704. The zero-order valence-corrected chi connectivity index (χ0v) is 23.0. The van der Waals surface area contributed by atoms with E-state index in [1.54, 1.807) is 13.3 Å². The Morgan fingerprint density at radius 1 is 0.927 bits per heavy atom. The van der Waals surface area contributed by atoms with Gasteiger partial charge in [-0.3, -0.25) is 9.97 Å². The van der Waals surface area contributed by atoms with Gasteiger partial charge in [-0.2, -0.15) is 0 Å². The number of fused-ring (bicyclic) bond motifs is 1. The Bertz CT molecular complexity index is 1740. The largest absolute Gasteiger partial charge is 0.497 e. The number of hydrogen-bond acceptors (Lipinski definition) is 7. The molecule has 208 valence electrons. The van der Waals surface area contributed by atoms with Crippen molar-refractivity contribution in [3.63, 3.8) is 0 Å². The van der Waals surface area contributed by atoms with E-state index in [1.807, 2.05) is 62.5 Å². The van der Waals surface area contributed by atoms with Crippen molar-refractivity contribution in [2.24, 2.45) is 0 Å². The van der Waals surface area contributed by atoms with E-state index in [4.69, 9.17) is 14.5 Å². The van der Waals surface area contributed by atoms with Gasteiger partial charge in [0.2, 0.25) is 0 Å². The van der Waals surface area contributed by atoms with Crippen LogP contribution in [0.3, 0.4) is 0 Å². The number of pyridine rings is 3. The topological polar surface area (TPSA) is 72.4 Å². The molecule has 7 nitrogen and oxygen atoms in total. The molecule has 1 fully saturated rings. The van der Waals surface area contributed by atoms with E-state index in [-0.39, 0.29) is 10.9 Å². The van der Waals surface area contributed by atoms with Gasteiger partial charge >= 0.3 is 0 Å². The predicted molar refractivity (Wildman–Crippen MR) is 157 cm³/mol. The quantitative estimate of drug-likeness (QED) is 0.247. The van der Waals surface area contributed by atoms with Crippen LogP contribution in [-0.2, 0) is 4.74 Å². The van der Waals surface area contributed by atoms with Gasteiger partial charge in [0.1, 0.15) is 17.4 Å². The van der Waals surface area contributed by atoms with Crippen LogP contribution in [-0.4, -0.2) is 48.4 Å². The highest BCUT2D eigenvalue weighted by Gasteiger charge is 2.21. The molecule has 0 atom stereocenters. The standard InChI is InChI=1S/C32H29F2N5O2/c1-19-8-9-35-27(14-19)30-20(2)31(29-25(34)15-22(33)16-26(29)37-30)38-28-17-23(39-10-12-41-13-11-39)18-36-32(28)21-4-6-24(40-3)7-5-21/h4-9,14-18H,10-13H2,1-3H3,(H,37,38). The fourth-order valence-electron chi connectivity index (χ4n) is 5.13. The van der Waals surface area contributed by atoms with Gasteiger partial charge in [-0.05, 0) is 61.9 Å². The van der Waals surface area contributed by atoms with E-state index in [9.17, 15) is 4.39 Å². The number of anilines is 3. The molecule has 1 saturated heterocycles. The molecule has 0 saturated carbocycles. The lowest BCUT2D eigenvalue weighted by Crippen LogP contribution is -2.36. The lowest BCUT2D eigenvalue weighted by molar-refractivity contribution is 0.122. The Morgan fingerprint density at radius 3 is 2.44 bits per heavy atom. The third-order valence-corrected chi connectivity index (χ3v) is 7.28. The van der Waals surface area contributed by atoms with Crippen LogP contribution < -0.4 is 15.0 Å². The molecule has 0 amide bonds. The molecular formula is C32H29F2N5O2. The van der Waals surface area contributed by atoms with Crippen molar-refractivity contribution < 1.29 is 18.3 Å². The summed E-state index contributed by atoms with van der Waals surface area (Å²) < 4.78 is 40.8. The second kappa shape index (κ2) is 11.1. The fraction of sp³-hybridized carbons (Fsp3) is 0.219. The predicted octanol–water partition coefficient (Wildman–Crippen LogP) is 6.84. The molecular weight excluding hydrogens is 524 g/mol. The van der Waals surface area contributed by atoms with Gasteiger partial charge in [0, 0.05) is 42.5 Å². The summed E-state index contributed by atoms with van der Waals surface area (Å²) in [5, 5.41) is 3.69. The van der Waals surface area contributed by atoms with E-state index in [0.717, 1.165) is 41.7 Å². The van der Waals surface area contributed by atoms with Crippen LogP contribution in [0, 0.1) is 25.5 Å². The molecule has 0 aliphatic carbocycles. The number of ether oxygens (including phenoxy) is 2. The Morgan fingerprint density at radius 2 is 1.71 bits per heavy atom. The average molecular weight is 554 g/mol. The van der Waals surface area contributed by atoms with Crippen molar-refractivity contribution in [1.82, 2.24) is 15.0 Å². The van der Waals surface area contributed by atoms with Crippen molar-refractivity contribution in [3.05, 3.63) is 89.8 Å². The molecule has 41 heavy (non-hydrogen) atoms. The second-order valence-corrected chi connectivity index (χ2v) is 10.0. The summed E-state index contributed by atoms with van der Waals surface area (Å²) in [6, 6.07) is 15.5. The maximum absolute atomic E-state index is 15.5. The first-order valence-corrected chi connectivity index (χ1v) is 13.4. The van der Waals surface area contributed by atoms with Crippen molar-refractivity contribution in [3.8, 4) is 28.4 Å². The molecule has 9 heteroatoms. The molecule has 3 aromatic heterocycles. The highest BCUT2D eigenvalue weighted by atomic mass is 19.1. The van der Waals surface area contributed by atoms with Crippen molar-refractivity contribution in [2.75, 3.05) is 43.6 Å². The first kappa shape index (κ1) is 26.6. The number of morpholine rings is 1. The molecule has 0 radical (unpaired) electrons. The van der Waals surface area contributed by atoms with E-state index in [0.29, 0.717) is 47.2 Å². The molecule has 5 aromatic rings. The number of methoxy groups -OCH3 is 1. The number of benzene rings is 2. The number of nitrogens with one attached hydrogen (secondary N) is 1. The number of aryl methyl sites for hydroxylation is 1. The lowest BCUT2D eigenvalue weighted by atomic mass is 10.0. The Hall–Kier alpha value is -4.63. The third kappa shape index (κ3) is 5.28. The lowest BCUT2D eigenvalue weighted by Gasteiger charge is -2.29. The van der Waals surface area contributed by atoms with Gasteiger partial charge in [0.15, 0.2) is 0 Å². The minimum absolute atomic E-state index is 0.192. The average Bonchev–Trinajstić information content (AvgIpc) is 2.98. The van der Waals surface area contributed by atoms with Crippen LogP contribution in [0.15, 0.2) is 67.0 Å². The molecule has 1 aliphatic rings. The smallest absolute Gasteiger partial charge is 0.137 e. The summed E-state index contributed by atoms with van der Waals surface area (Å²) in [6.45, 7) is 6.54. The number of aromatic nitrogens is 3. The van der Waals surface area contributed by atoms with Crippen molar-refractivity contribution in [2.45, 2.75) is 13.8 Å². The first-order chi connectivity index (χ1) is 19.9. The third-order valence-electron chi connectivity index (χ3n) is 7.28. The van der Waals surface area contributed by atoms with Crippen LogP contribution in [0.2, 0.25) is 0 Å². The normalized spacial score (nSPS) is 13.4.